The molecule has 7 aromatic carbocycles. The Labute approximate surface area is 452 Å². The largest absolute Gasteiger partial charge is 0.349 e. The second-order valence-electron chi connectivity index (χ2n) is 20.6. The van der Waals surface area contributed by atoms with Crippen molar-refractivity contribution >= 4 is 135 Å². The molecular weight excluding hydrogens is 1050 g/mol. The molecule has 2 saturated heterocycles. The number of hydrogen-bond acceptors (Lipinski definition) is 12. The van der Waals surface area contributed by atoms with Crippen LogP contribution in [0.5, 0.6) is 0 Å². The van der Waals surface area contributed by atoms with Gasteiger partial charge in [0.05, 0.1) is 81.6 Å². The number of amides is 4. The Bertz CT molecular complexity index is 3720. The standard InChI is InChI=1S/C58H40Cl4N6O8/c1-73-57(74-2)53(59)41-42(54(57,60)46-45(53)63-37-21-27-13-5-6-14-28(27)22-38(37)64-46)50(70)67(49(41)69)25-35-31-17-9-11-19-33(31)36(34-20-12-10-18-32(34)35)26-68-51(71)43-44(52(68)72)56(62)48-47(55(43,61)58(56,75-3)76-4)65-39-23-29-15-7-8-16-30(29)24-40(39)66-48/h5-24,41-44H,25-26H2,1-4H3/t41-,42+,43-,44+,53+,54-,55+,56-. The minimum Gasteiger partial charge on any atom is -0.349 e. The molecule has 378 valence electrons. The van der Waals surface area contributed by atoms with E-state index in [9.17, 15) is 0 Å². The van der Waals surface area contributed by atoms with E-state index < -0.39 is 78.4 Å². The number of halogens is 4. The van der Waals surface area contributed by atoms with Crippen molar-refractivity contribution in [3.8, 4) is 0 Å². The zero-order chi connectivity index (χ0) is 52.4. The molecule has 4 amide bonds. The Morgan fingerprint density at radius 1 is 0.395 bits per heavy atom. The quantitative estimate of drug-likeness (QED) is 0.0614. The molecule has 14 nitrogen and oxygen atoms in total. The third-order valence-corrected chi connectivity index (χ3v) is 20.5. The lowest BCUT2D eigenvalue weighted by Crippen LogP contribution is -2.56. The van der Waals surface area contributed by atoms with Crippen LogP contribution in [0.3, 0.4) is 0 Å². The van der Waals surface area contributed by atoms with Gasteiger partial charge in [-0.2, -0.15) is 0 Å². The van der Waals surface area contributed by atoms with E-state index in [0.29, 0.717) is 54.7 Å². The SMILES string of the molecule is COC1(OC)[C@@]2(Cl)c3nc4cc5ccccc5cc4nc3[C@]1(Cl)[C@@H]1C(=O)N(Cc3c4ccccc4c(CN4C(=O)[C@@H]5[C@H](C4=O)[C@]4(Cl)c6nc7cc8ccccc8cc7nc6[C@@]5(Cl)C4(OC)OC)c4ccccc34)C(=O)[C@@H]12. The second-order valence-corrected chi connectivity index (χ2v) is 23.0. The van der Waals surface area contributed by atoms with Crippen LogP contribution >= 0.6 is 46.4 Å². The zero-order valence-corrected chi connectivity index (χ0v) is 43.8. The van der Waals surface area contributed by atoms with Gasteiger partial charge >= 0.3 is 0 Å². The van der Waals surface area contributed by atoms with Crippen LogP contribution in [0.15, 0.2) is 121 Å². The minimum atomic E-state index is -1.93. The van der Waals surface area contributed by atoms with Gasteiger partial charge in [0.1, 0.15) is 0 Å². The van der Waals surface area contributed by atoms with Crippen LogP contribution in [0.4, 0.5) is 0 Å². The molecule has 4 aliphatic carbocycles. The lowest BCUT2D eigenvalue weighted by molar-refractivity contribution is -0.239. The van der Waals surface area contributed by atoms with E-state index in [-0.39, 0.29) is 35.9 Å². The number of nitrogens with zero attached hydrogens (tertiary/aromatic N) is 6. The van der Waals surface area contributed by atoms with Gasteiger partial charge in [-0.25, -0.2) is 19.9 Å². The molecule has 2 saturated carbocycles. The number of alkyl halides is 4. The smallest absolute Gasteiger partial charge is 0.235 e. The molecule has 6 aliphatic rings. The number of imide groups is 2. The molecule has 9 aromatic rings. The summed E-state index contributed by atoms with van der Waals surface area (Å²) < 4.78 is 24.6. The summed E-state index contributed by atoms with van der Waals surface area (Å²) in [5.74, 6) is -11.3. The van der Waals surface area contributed by atoms with Crippen LogP contribution < -0.4 is 0 Å². The Balaban J connectivity index is 0.826. The van der Waals surface area contributed by atoms with Gasteiger partial charge in [0, 0.05) is 28.4 Å². The number of aromatic nitrogens is 4. The molecule has 2 aromatic heterocycles. The fraction of sp³-hybridized carbons (Fsp3) is 0.276. The van der Waals surface area contributed by atoms with E-state index in [4.69, 9.17) is 85.3 Å². The maximum atomic E-state index is 15.3. The van der Waals surface area contributed by atoms with E-state index >= 15 is 19.2 Å². The summed E-state index contributed by atoms with van der Waals surface area (Å²) in [6, 6.07) is 38.1. The van der Waals surface area contributed by atoms with Gasteiger partial charge in [-0.15, -0.1) is 46.4 Å². The highest BCUT2D eigenvalue weighted by atomic mass is 35.5. The van der Waals surface area contributed by atoms with Crippen LogP contribution in [0, 0.1) is 23.7 Å². The number of fused-ring (bicyclic) bond motifs is 22. The maximum absolute atomic E-state index is 15.3. The predicted molar refractivity (Wildman–Crippen MR) is 284 cm³/mol. The predicted octanol–water partition coefficient (Wildman–Crippen LogP) is 9.56. The molecule has 8 atom stereocenters. The number of hydrogen-bond donors (Lipinski definition) is 0. The Morgan fingerprint density at radius 3 is 0.842 bits per heavy atom. The third kappa shape index (κ3) is 4.96. The lowest BCUT2D eigenvalue weighted by atomic mass is 9.80. The van der Waals surface area contributed by atoms with Crippen LogP contribution in [-0.2, 0) is 70.7 Å². The van der Waals surface area contributed by atoms with E-state index in [1.54, 1.807) is 0 Å². The molecule has 18 heteroatoms. The second kappa shape index (κ2) is 15.2. The Hall–Kier alpha value is -6.46. The van der Waals surface area contributed by atoms with Crippen LogP contribution in [-0.4, -0.2) is 93.4 Å². The fourth-order valence-electron chi connectivity index (χ4n) is 14.8. The first-order valence-electron chi connectivity index (χ1n) is 24.6. The summed E-state index contributed by atoms with van der Waals surface area (Å²) in [5.41, 5.74) is 4.18. The van der Waals surface area contributed by atoms with Crippen molar-refractivity contribution in [2.75, 3.05) is 28.4 Å². The average Bonchev–Trinajstić information content (AvgIpc) is 4.16. The molecule has 0 unspecified atom stereocenters. The number of benzene rings is 7. The highest BCUT2D eigenvalue weighted by molar-refractivity contribution is 6.37. The summed E-state index contributed by atoms with van der Waals surface area (Å²) in [6.45, 7) is -0.367. The van der Waals surface area contributed by atoms with Gasteiger partial charge < -0.3 is 18.9 Å². The molecular formula is C58H40Cl4N6O8. The highest BCUT2D eigenvalue weighted by Crippen LogP contribution is 2.78. The lowest BCUT2D eigenvalue weighted by Gasteiger charge is -2.41. The Morgan fingerprint density at radius 2 is 0.618 bits per heavy atom. The molecule has 2 aliphatic heterocycles. The van der Waals surface area contributed by atoms with Crippen molar-refractivity contribution in [1.29, 1.82) is 0 Å². The van der Waals surface area contributed by atoms with Crippen molar-refractivity contribution in [2.24, 2.45) is 23.7 Å². The molecule has 0 N–H and O–H groups in total. The molecule has 0 radical (unpaired) electrons. The molecule has 76 heavy (non-hydrogen) atoms. The van der Waals surface area contributed by atoms with E-state index in [1.165, 1.54) is 38.2 Å². The van der Waals surface area contributed by atoms with Crippen molar-refractivity contribution in [3.63, 3.8) is 0 Å². The van der Waals surface area contributed by atoms with Crippen molar-refractivity contribution in [3.05, 3.63) is 155 Å². The summed E-state index contributed by atoms with van der Waals surface area (Å²) in [4.78, 5) is 76.3. The number of likely N-dealkylation sites (tertiary alicyclic amines) is 2. The zero-order valence-electron chi connectivity index (χ0n) is 40.7. The van der Waals surface area contributed by atoms with Gasteiger partial charge in [0.15, 0.2) is 19.5 Å². The number of rotatable bonds is 8. The molecule has 15 rings (SSSR count). The highest BCUT2D eigenvalue weighted by Gasteiger charge is 2.92. The van der Waals surface area contributed by atoms with Crippen LogP contribution in [0.2, 0.25) is 0 Å². The average molecular weight is 1090 g/mol. The Kier molecular flexibility index (Phi) is 9.35. The number of ether oxygens (including phenoxy) is 4. The van der Waals surface area contributed by atoms with E-state index in [2.05, 4.69) is 0 Å². The van der Waals surface area contributed by atoms with Crippen molar-refractivity contribution < 1.29 is 38.1 Å². The summed E-state index contributed by atoms with van der Waals surface area (Å²) in [5, 5.41) is 6.38. The van der Waals surface area contributed by atoms with Gasteiger partial charge in [0.2, 0.25) is 35.2 Å². The number of carbonyl (C=O) groups is 4. The summed E-state index contributed by atoms with van der Waals surface area (Å²) in [7, 11) is 5.54. The van der Waals surface area contributed by atoms with Crippen LogP contribution in [0.25, 0.3) is 65.2 Å². The first kappa shape index (κ1) is 46.8. The molecule has 4 bridgehead atoms. The monoisotopic (exact) mass is 1090 g/mol. The number of methoxy groups -OCH3 is 4. The first-order valence-corrected chi connectivity index (χ1v) is 26.2. The summed E-state index contributed by atoms with van der Waals surface area (Å²) >= 11 is 31.4. The van der Waals surface area contributed by atoms with E-state index in [0.717, 1.165) is 21.5 Å². The molecule has 4 fully saturated rings. The van der Waals surface area contributed by atoms with Crippen LogP contribution in [0.1, 0.15) is 33.9 Å². The normalized spacial score (nSPS) is 29.3. The van der Waals surface area contributed by atoms with Gasteiger partial charge in [0.25, 0.3) is 0 Å². The van der Waals surface area contributed by atoms with Gasteiger partial charge in [-0.3, -0.25) is 29.0 Å². The first-order chi connectivity index (χ1) is 36.6. The topological polar surface area (TPSA) is 163 Å². The maximum Gasteiger partial charge on any atom is 0.235 e. The van der Waals surface area contributed by atoms with Crippen molar-refractivity contribution in [2.45, 2.75) is 44.2 Å². The third-order valence-electron chi connectivity index (χ3n) is 17.8. The minimum absolute atomic E-state index is 0.184. The van der Waals surface area contributed by atoms with E-state index in [1.807, 2.05) is 121 Å². The van der Waals surface area contributed by atoms with Gasteiger partial charge in [-0.1, -0.05) is 97.1 Å². The number of carbonyl (C=O) groups excluding carboxylic acids is 4. The molecule has 4 heterocycles. The van der Waals surface area contributed by atoms with Gasteiger partial charge in [-0.05, 0) is 78.5 Å². The van der Waals surface area contributed by atoms with Crippen molar-refractivity contribution in [1.82, 2.24) is 29.7 Å². The summed E-state index contributed by atoms with van der Waals surface area (Å²) in [6.07, 6.45) is 0. The molecule has 0 spiro atoms. The fourth-order valence-corrected chi connectivity index (χ4v) is 17.5.